The predicted molar refractivity (Wildman–Crippen MR) is 141 cm³/mol. The van der Waals surface area contributed by atoms with Gasteiger partial charge in [0.15, 0.2) is 5.69 Å². The van der Waals surface area contributed by atoms with Gasteiger partial charge in [-0.05, 0) is 43.8 Å². The van der Waals surface area contributed by atoms with Crippen molar-refractivity contribution in [2.24, 2.45) is 23.0 Å². The fourth-order valence-electron chi connectivity index (χ4n) is 5.15. The highest BCUT2D eigenvalue weighted by atomic mass is 19.4. The zero-order chi connectivity index (χ0) is 28.8. The van der Waals surface area contributed by atoms with E-state index in [9.17, 15) is 22.0 Å². The quantitative estimate of drug-likeness (QED) is 0.199. The molecule has 0 N–H and O–H groups in total. The number of aromatic nitrogens is 4. The topological polar surface area (TPSA) is 72.8 Å². The summed E-state index contributed by atoms with van der Waals surface area (Å²) in [4.78, 5) is 14.2. The van der Waals surface area contributed by atoms with Crippen molar-refractivity contribution in [1.29, 1.82) is 0 Å². The van der Waals surface area contributed by atoms with Gasteiger partial charge in [0, 0.05) is 62.5 Å². The normalized spacial score (nSPS) is 16.7. The van der Waals surface area contributed by atoms with Crippen LogP contribution in [0.1, 0.15) is 42.0 Å². The van der Waals surface area contributed by atoms with E-state index in [1.54, 1.807) is 31.3 Å². The molecule has 1 fully saturated rings. The van der Waals surface area contributed by atoms with E-state index in [1.807, 2.05) is 4.90 Å². The molecule has 1 aliphatic heterocycles. The fraction of sp³-hybridized carbons (Fsp3) is 0.407. The number of hydrogen-bond donors (Lipinski definition) is 0. The summed E-state index contributed by atoms with van der Waals surface area (Å²) in [5.74, 6) is 0.519. The summed E-state index contributed by atoms with van der Waals surface area (Å²) in [6.45, 7) is 1.48. The number of anilines is 1. The molecule has 1 aliphatic carbocycles. The second-order valence-corrected chi connectivity index (χ2v) is 9.70. The summed E-state index contributed by atoms with van der Waals surface area (Å²) in [5.41, 5.74) is 2.87. The Kier molecular flexibility index (Phi) is 7.23. The fourth-order valence-corrected chi connectivity index (χ4v) is 5.15. The van der Waals surface area contributed by atoms with Crippen molar-refractivity contribution in [3.05, 3.63) is 59.0 Å². The van der Waals surface area contributed by atoms with Gasteiger partial charge in [-0.1, -0.05) is 0 Å². The molecule has 40 heavy (non-hydrogen) atoms. The van der Waals surface area contributed by atoms with Crippen LogP contribution in [0.2, 0.25) is 0 Å². The molecule has 1 aromatic carbocycles. The Hall–Kier alpha value is -4.03. The minimum absolute atomic E-state index is 0.162. The largest absolute Gasteiger partial charge is 0.480 e. The highest BCUT2D eigenvalue weighted by Crippen LogP contribution is 2.41. The molecule has 8 nitrogen and oxygen atoms in total. The Labute approximate surface area is 227 Å². The van der Waals surface area contributed by atoms with Crippen LogP contribution in [0.25, 0.3) is 17.0 Å². The third-order valence-electron chi connectivity index (χ3n) is 7.18. The first-order valence-corrected chi connectivity index (χ1v) is 12.6. The van der Waals surface area contributed by atoms with Gasteiger partial charge in [0.2, 0.25) is 5.88 Å². The summed E-state index contributed by atoms with van der Waals surface area (Å²) in [7, 11) is 4.59. The number of allylic oxidation sites excluding steroid dienone is 1. The number of aryl methyl sites for hydroxylation is 1. The van der Waals surface area contributed by atoms with Gasteiger partial charge in [0.25, 0.3) is 0 Å². The molecular weight excluding hydrogens is 533 g/mol. The summed E-state index contributed by atoms with van der Waals surface area (Å²) < 4.78 is 75.1. The van der Waals surface area contributed by atoms with E-state index < -0.39 is 18.4 Å². The van der Waals surface area contributed by atoms with E-state index in [1.165, 1.54) is 18.7 Å². The van der Waals surface area contributed by atoms with Gasteiger partial charge in [-0.15, -0.1) is 0 Å². The number of fused-ring (bicyclic) bond motifs is 1. The average Bonchev–Trinajstić information content (AvgIpc) is 3.57. The third kappa shape index (κ3) is 5.00. The maximum atomic E-state index is 14.1. The van der Waals surface area contributed by atoms with E-state index in [4.69, 9.17) is 4.74 Å². The van der Waals surface area contributed by atoms with Crippen molar-refractivity contribution < 1.29 is 26.7 Å². The van der Waals surface area contributed by atoms with Crippen LogP contribution in [0.4, 0.5) is 27.6 Å². The van der Waals surface area contributed by atoms with Crippen LogP contribution in [-0.4, -0.2) is 52.5 Å². The molecule has 1 saturated carbocycles. The van der Waals surface area contributed by atoms with Gasteiger partial charge in [0.05, 0.1) is 24.1 Å². The predicted octanol–water partition coefficient (Wildman–Crippen LogP) is 5.76. The summed E-state index contributed by atoms with van der Waals surface area (Å²) >= 11 is 0. The Morgan fingerprint density at radius 2 is 1.88 bits per heavy atom. The molecule has 2 aromatic heterocycles. The van der Waals surface area contributed by atoms with Crippen LogP contribution >= 0.6 is 0 Å². The maximum Gasteiger partial charge on any atom is 0.434 e. The highest BCUT2D eigenvalue weighted by molar-refractivity contribution is 6.26. The SMILES string of the molecule is C=N/C(OC)=C(\C(=NC)C1CC1)c1nn(C(F)F)c2c1CN(c1ccc(-c3nc(C(F)(F)F)cn3C)cc1)CC2. The number of halogens is 5. The van der Waals surface area contributed by atoms with E-state index in [2.05, 4.69) is 26.8 Å². The molecule has 3 aromatic rings. The minimum Gasteiger partial charge on any atom is -0.480 e. The van der Waals surface area contributed by atoms with Crippen LogP contribution in [0, 0.1) is 5.92 Å². The summed E-state index contributed by atoms with van der Waals surface area (Å²) in [6, 6.07) is 6.96. The molecule has 212 valence electrons. The molecule has 2 aliphatic rings. The Morgan fingerprint density at radius 1 is 1.18 bits per heavy atom. The second-order valence-electron chi connectivity index (χ2n) is 9.70. The molecule has 0 bridgehead atoms. The van der Waals surface area contributed by atoms with Crippen LogP contribution in [0.5, 0.6) is 0 Å². The van der Waals surface area contributed by atoms with Crippen LogP contribution < -0.4 is 4.90 Å². The molecule has 0 saturated heterocycles. The van der Waals surface area contributed by atoms with Gasteiger partial charge in [-0.2, -0.15) is 27.1 Å². The smallest absolute Gasteiger partial charge is 0.434 e. The number of hydrogen-bond acceptors (Lipinski definition) is 6. The zero-order valence-electron chi connectivity index (χ0n) is 22.2. The van der Waals surface area contributed by atoms with Crippen molar-refractivity contribution in [3.63, 3.8) is 0 Å². The number of imidazole rings is 1. The Morgan fingerprint density at radius 3 is 2.40 bits per heavy atom. The minimum atomic E-state index is -4.54. The van der Waals surface area contributed by atoms with Crippen molar-refractivity contribution in [2.75, 3.05) is 25.6 Å². The van der Waals surface area contributed by atoms with Gasteiger partial charge < -0.3 is 14.2 Å². The summed E-state index contributed by atoms with van der Waals surface area (Å²) in [6.07, 6.45) is -1.45. The van der Waals surface area contributed by atoms with Crippen molar-refractivity contribution >= 4 is 23.7 Å². The van der Waals surface area contributed by atoms with E-state index >= 15 is 0 Å². The first kappa shape index (κ1) is 27.5. The zero-order valence-corrected chi connectivity index (χ0v) is 22.2. The molecule has 13 heteroatoms. The lowest BCUT2D eigenvalue weighted by Gasteiger charge is -2.30. The monoisotopic (exact) mass is 561 g/mol. The van der Waals surface area contributed by atoms with E-state index in [-0.39, 0.29) is 24.2 Å². The molecule has 5 rings (SSSR count). The second kappa shape index (κ2) is 10.5. The van der Waals surface area contributed by atoms with Crippen LogP contribution in [0.3, 0.4) is 0 Å². The number of ether oxygens (including phenoxy) is 1. The molecule has 0 amide bonds. The molecule has 0 radical (unpaired) electrons. The number of aliphatic imine (C=N–C) groups is 2. The third-order valence-corrected chi connectivity index (χ3v) is 7.18. The molecule has 0 spiro atoms. The Balaban J connectivity index is 1.51. The van der Waals surface area contributed by atoms with Crippen molar-refractivity contribution in [2.45, 2.75) is 38.5 Å². The van der Waals surface area contributed by atoms with Crippen LogP contribution in [0.15, 0.2) is 46.3 Å². The number of benzene rings is 1. The van der Waals surface area contributed by atoms with E-state index in [0.717, 1.165) is 29.4 Å². The highest BCUT2D eigenvalue weighted by Gasteiger charge is 2.38. The Bertz CT molecular complexity index is 1480. The molecule has 0 atom stereocenters. The van der Waals surface area contributed by atoms with Gasteiger partial charge in [0.1, 0.15) is 11.5 Å². The number of nitrogens with zero attached hydrogens (tertiary/aromatic N) is 7. The standard InChI is InChI=1S/C27H28F5N7O/c1-33-22(15-5-6-15)21(25(34-2)40-4)23-18-13-38(12-11-19(18)39(36-23)26(28)29)17-9-7-16(8-10-17)24-35-20(14-37(24)3)27(30,31)32/h7-10,14-15,26H,2,5-6,11-13H2,1,3-4H3/b25-21-,33-22?. The van der Waals surface area contributed by atoms with Crippen molar-refractivity contribution in [3.8, 4) is 11.4 Å². The number of methoxy groups -OCH3 is 1. The molecular formula is C27H28F5N7O. The van der Waals surface area contributed by atoms with E-state index in [0.29, 0.717) is 46.8 Å². The lowest BCUT2D eigenvalue weighted by atomic mass is 9.96. The van der Waals surface area contributed by atoms with Crippen LogP contribution in [-0.2, 0) is 30.9 Å². The number of rotatable bonds is 8. The van der Waals surface area contributed by atoms with Gasteiger partial charge >= 0.3 is 12.7 Å². The lowest BCUT2D eigenvalue weighted by Crippen LogP contribution is -2.31. The van der Waals surface area contributed by atoms with Gasteiger partial charge in [-0.25, -0.2) is 14.7 Å². The average molecular weight is 562 g/mol. The first-order valence-electron chi connectivity index (χ1n) is 12.6. The molecule has 0 unspecified atom stereocenters. The first-order chi connectivity index (χ1) is 19.1. The maximum absolute atomic E-state index is 14.1. The lowest BCUT2D eigenvalue weighted by molar-refractivity contribution is -0.140. The number of alkyl halides is 5. The van der Waals surface area contributed by atoms with Gasteiger partial charge in [-0.3, -0.25) is 4.99 Å². The summed E-state index contributed by atoms with van der Waals surface area (Å²) in [5, 5.41) is 4.33. The molecule has 3 heterocycles. The van der Waals surface area contributed by atoms with Crippen molar-refractivity contribution in [1.82, 2.24) is 19.3 Å².